The van der Waals surface area contributed by atoms with Gasteiger partial charge < -0.3 is 19.9 Å². The van der Waals surface area contributed by atoms with Crippen LogP contribution in [0.3, 0.4) is 0 Å². The average Bonchev–Trinajstić information content (AvgIpc) is 2.68. The van der Waals surface area contributed by atoms with Crippen LogP contribution in [0.1, 0.15) is 15.9 Å². The van der Waals surface area contributed by atoms with E-state index in [0.29, 0.717) is 35.8 Å². The van der Waals surface area contributed by atoms with Crippen LogP contribution in [0.2, 0.25) is 0 Å². The summed E-state index contributed by atoms with van der Waals surface area (Å²) in [6, 6.07) is 9.64. The van der Waals surface area contributed by atoms with Crippen LogP contribution in [0.15, 0.2) is 46.0 Å². The van der Waals surface area contributed by atoms with Gasteiger partial charge in [-0.3, -0.25) is 9.59 Å². The van der Waals surface area contributed by atoms with Crippen molar-refractivity contribution in [3.05, 3.63) is 52.0 Å². The summed E-state index contributed by atoms with van der Waals surface area (Å²) < 4.78 is 11.6. The number of aromatic hydroxyl groups is 1. The third-order valence-electron chi connectivity index (χ3n) is 3.60. The molecule has 140 valence electrons. The molecule has 3 rings (SSSR count). The molecule has 9 heteroatoms. The van der Waals surface area contributed by atoms with Crippen LogP contribution in [-0.4, -0.2) is 42.9 Å². The highest BCUT2D eigenvalue weighted by Crippen LogP contribution is 2.30. The molecule has 0 spiro atoms. The summed E-state index contributed by atoms with van der Waals surface area (Å²) in [5, 5.41) is 15.9. The van der Waals surface area contributed by atoms with Gasteiger partial charge in [0, 0.05) is 15.6 Å². The molecule has 0 unspecified atom stereocenters. The van der Waals surface area contributed by atoms with Crippen LogP contribution in [0.5, 0.6) is 17.2 Å². The summed E-state index contributed by atoms with van der Waals surface area (Å²) in [7, 11) is 0. The van der Waals surface area contributed by atoms with Crippen molar-refractivity contribution in [3.63, 3.8) is 0 Å². The Labute approximate surface area is 163 Å². The molecule has 27 heavy (non-hydrogen) atoms. The van der Waals surface area contributed by atoms with E-state index in [1.54, 1.807) is 30.3 Å². The second-order valence-corrected chi connectivity index (χ2v) is 6.45. The molecule has 2 aromatic rings. The highest BCUT2D eigenvalue weighted by atomic mass is 79.9. The zero-order valence-corrected chi connectivity index (χ0v) is 15.7. The number of nitrogens with one attached hydrogen (secondary N) is 2. The summed E-state index contributed by atoms with van der Waals surface area (Å²) in [6.07, 6.45) is 1.31. The minimum Gasteiger partial charge on any atom is -0.507 e. The van der Waals surface area contributed by atoms with E-state index in [9.17, 15) is 14.7 Å². The maximum absolute atomic E-state index is 12.1. The number of carbonyl (C=O) groups excluding carboxylic acids is 2. The van der Waals surface area contributed by atoms with Gasteiger partial charge in [0.05, 0.1) is 12.8 Å². The van der Waals surface area contributed by atoms with Gasteiger partial charge in [-0.05, 0) is 36.4 Å². The number of carbonyl (C=O) groups is 2. The first-order chi connectivity index (χ1) is 13.0. The van der Waals surface area contributed by atoms with E-state index >= 15 is 0 Å². The highest BCUT2D eigenvalue weighted by Gasteiger charge is 2.15. The van der Waals surface area contributed by atoms with Crippen molar-refractivity contribution in [1.82, 2.24) is 10.7 Å². The van der Waals surface area contributed by atoms with Crippen molar-refractivity contribution in [2.24, 2.45) is 5.10 Å². The fourth-order valence-corrected chi connectivity index (χ4v) is 2.67. The van der Waals surface area contributed by atoms with Gasteiger partial charge in [0.15, 0.2) is 11.5 Å². The number of hydrazone groups is 1. The number of halogens is 1. The Balaban J connectivity index is 1.51. The predicted molar refractivity (Wildman–Crippen MR) is 101 cm³/mol. The normalized spacial score (nSPS) is 12.6. The minimum absolute atomic E-state index is 0.0307. The summed E-state index contributed by atoms with van der Waals surface area (Å²) in [4.78, 5) is 23.9. The molecular formula is C18H16BrN3O5. The van der Waals surface area contributed by atoms with Gasteiger partial charge in [0.2, 0.25) is 0 Å². The first kappa shape index (κ1) is 18.7. The molecule has 1 heterocycles. The Kier molecular flexibility index (Phi) is 5.92. The topological polar surface area (TPSA) is 109 Å². The van der Waals surface area contributed by atoms with Gasteiger partial charge in [0.25, 0.3) is 11.8 Å². The summed E-state index contributed by atoms with van der Waals surface area (Å²) >= 11 is 3.28. The largest absolute Gasteiger partial charge is 0.507 e. The number of fused-ring (bicyclic) bond motifs is 1. The molecule has 1 aliphatic rings. The van der Waals surface area contributed by atoms with Gasteiger partial charge in [-0.15, -0.1) is 0 Å². The summed E-state index contributed by atoms with van der Waals surface area (Å²) in [5.74, 6) is 0.183. The molecule has 0 saturated carbocycles. The monoisotopic (exact) mass is 433 g/mol. The van der Waals surface area contributed by atoms with E-state index < -0.39 is 11.8 Å². The lowest BCUT2D eigenvalue weighted by atomic mass is 10.2. The van der Waals surface area contributed by atoms with E-state index in [1.165, 1.54) is 12.3 Å². The third-order valence-corrected chi connectivity index (χ3v) is 4.09. The standard InChI is InChI=1S/C18H16BrN3O5/c19-13-2-3-14(23)12(7-13)9-21-22-17(24)10-20-18(25)11-1-4-15-16(8-11)27-6-5-26-15/h1-4,7-9,23H,5-6,10H2,(H,20,25)(H,22,24)/b21-9+. The van der Waals surface area contributed by atoms with Crippen LogP contribution in [0.4, 0.5) is 0 Å². The van der Waals surface area contributed by atoms with Crippen molar-refractivity contribution >= 4 is 34.0 Å². The fourth-order valence-electron chi connectivity index (χ4n) is 2.29. The Morgan fingerprint density at radius 3 is 2.74 bits per heavy atom. The van der Waals surface area contributed by atoms with E-state index in [0.717, 1.165) is 4.47 Å². The van der Waals surface area contributed by atoms with Crippen molar-refractivity contribution in [1.29, 1.82) is 0 Å². The summed E-state index contributed by atoms with van der Waals surface area (Å²) in [6.45, 7) is 0.637. The molecular weight excluding hydrogens is 418 g/mol. The minimum atomic E-state index is -0.508. The van der Waals surface area contributed by atoms with Gasteiger partial charge in [-0.1, -0.05) is 15.9 Å². The Morgan fingerprint density at radius 2 is 1.93 bits per heavy atom. The van der Waals surface area contributed by atoms with Crippen molar-refractivity contribution in [2.75, 3.05) is 19.8 Å². The molecule has 0 atom stereocenters. The number of benzene rings is 2. The number of nitrogens with zero attached hydrogens (tertiary/aromatic N) is 1. The Morgan fingerprint density at radius 1 is 1.15 bits per heavy atom. The predicted octanol–water partition coefficient (Wildman–Crippen LogP) is 1.81. The van der Waals surface area contributed by atoms with Gasteiger partial charge in [-0.2, -0.15) is 5.10 Å². The van der Waals surface area contributed by atoms with Crippen LogP contribution < -0.4 is 20.2 Å². The van der Waals surface area contributed by atoms with Crippen molar-refractivity contribution < 1.29 is 24.2 Å². The van der Waals surface area contributed by atoms with Gasteiger partial charge >= 0.3 is 0 Å². The quantitative estimate of drug-likeness (QED) is 0.491. The van der Waals surface area contributed by atoms with Crippen LogP contribution in [0, 0.1) is 0 Å². The van der Waals surface area contributed by atoms with Gasteiger partial charge in [-0.25, -0.2) is 5.43 Å². The zero-order valence-electron chi connectivity index (χ0n) is 14.1. The Bertz CT molecular complexity index is 901. The lowest BCUT2D eigenvalue weighted by Gasteiger charge is -2.18. The number of ether oxygens (including phenoxy) is 2. The first-order valence-corrected chi connectivity index (χ1v) is 8.80. The number of amides is 2. The molecule has 0 aliphatic carbocycles. The highest BCUT2D eigenvalue weighted by molar-refractivity contribution is 9.10. The first-order valence-electron chi connectivity index (χ1n) is 8.01. The second-order valence-electron chi connectivity index (χ2n) is 5.54. The fraction of sp³-hybridized carbons (Fsp3) is 0.167. The van der Waals surface area contributed by atoms with E-state index in [2.05, 4.69) is 31.8 Å². The molecule has 2 aromatic carbocycles. The van der Waals surface area contributed by atoms with Crippen molar-refractivity contribution in [2.45, 2.75) is 0 Å². The second kappa shape index (κ2) is 8.54. The maximum atomic E-state index is 12.1. The molecule has 8 nitrogen and oxygen atoms in total. The maximum Gasteiger partial charge on any atom is 0.259 e. The lowest BCUT2D eigenvalue weighted by molar-refractivity contribution is -0.120. The molecule has 0 bridgehead atoms. The van der Waals surface area contributed by atoms with Crippen LogP contribution in [0.25, 0.3) is 0 Å². The molecule has 0 saturated heterocycles. The average molecular weight is 434 g/mol. The number of hydrogen-bond acceptors (Lipinski definition) is 6. The molecule has 3 N–H and O–H groups in total. The number of phenolic OH excluding ortho intramolecular Hbond substituents is 1. The van der Waals surface area contributed by atoms with Crippen LogP contribution >= 0.6 is 15.9 Å². The third kappa shape index (κ3) is 4.98. The molecule has 0 radical (unpaired) electrons. The zero-order chi connectivity index (χ0) is 19.2. The van der Waals surface area contributed by atoms with E-state index in [-0.39, 0.29) is 12.3 Å². The van der Waals surface area contributed by atoms with Crippen LogP contribution in [-0.2, 0) is 4.79 Å². The molecule has 0 fully saturated rings. The van der Waals surface area contributed by atoms with Gasteiger partial charge in [0.1, 0.15) is 19.0 Å². The van der Waals surface area contributed by atoms with E-state index in [1.807, 2.05) is 0 Å². The van der Waals surface area contributed by atoms with Crippen molar-refractivity contribution in [3.8, 4) is 17.2 Å². The van der Waals surface area contributed by atoms with E-state index in [4.69, 9.17) is 9.47 Å². The Hall–Kier alpha value is -3.07. The molecule has 2 amide bonds. The number of phenols is 1. The molecule has 1 aliphatic heterocycles. The lowest BCUT2D eigenvalue weighted by Crippen LogP contribution is -2.35. The SMILES string of the molecule is O=C(CNC(=O)c1ccc2c(c1)OCCO2)N/N=C/c1cc(Br)ccc1O. The smallest absolute Gasteiger partial charge is 0.259 e. The summed E-state index contributed by atoms with van der Waals surface area (Å²) in [5.41, 5.74) is 3.07. The number of rotatable bonds is 5. The number of hydrogen-bond donors (Lipinski definition) is 3. The molecule has 0 aromatic heterocycles.